The second-order valence-corrected chi connectivity index (χ2v) is 5.61. The summed E-state index contributed by atoms with van der Waals surface area (Å²) in [5, 5.41) is 0. The molecule has 1 aliphatic heterocycles. The van der Waals surface area contributed by atoms with Gasteiger partial charge >= 0.3 is 11.9 Å². The van der Waals surface area contributed by atoms with E-state index in [2.05, 4.69) is 18.7 Å². The fourth-order valence-electron chi connectivity index (χ4n) is 2.95. The zero-order chi connectivity index (χ0) is 14.5. The van der Waals surface area contributed by atoms with E-state index < -0.39 is 0 Å². The van der Waals surface area contributed by atoms with Crippen molar-refractivity contribution in [2.75, 3.05) is 0 Å². The Morgan fingerprint density at radius 3 is 3.00 bits per heavy atom. The Labute approximate surface area is 119 Å². The zero-order valence-electron chi connectivity index (χ0n) is 11.9. The largest absolute Gasteiger partial charge is 0.462 e. The molecule has 4 atom stereocenters. The highest BCUT2D eigenvalue weighted by Crippen LogP contribution is 2.41. The van der Waals surface area contributed by atoms with Gasteiger partial charge < -0.3 is 9.47 Å². The highest BCUT2D eigenvalue weighted by Gasteiger charge is 2.46. The number of unbranched alkanes of at least 4 members (excludes halogenated alkanes) is 1. The first kappa shape index (κ1) is 14.8. The average Bonchev–Trinajstić information content (AvgIpc) is 2.96. The Kier molecular flexibility index (Phi) is 4.99. The van der Waals surface area contributed by atoms with Crippen LogP contribution in [-0.4, -0.2) is 24.1 Å². The molecule has 4 heteroatoms. The summed E-state index contributed by atoms with van der Waals surface area (Å²) in [6, 6.07) is 0. The number of hydrogen-bond acceptors (Lipinski definition) is 4. The number of carbonyl (C=O) groups excluding carboxylic acids is 2. The molecule has 0 aromatic carbocycles. The Morgan fingerprint density at radius 2 is 2.35 bits per heavy atom. The van der Waals surface area contributed by atoms with Gasteiger partial charge in [0.1, 0.15) is 6.10 Å². The Bertz CT molecular complexity index is 413. The second-order valence-electron chi connectivity index (χ2n) is 5.61. The molecular weight excluding hydrogens is 256 g/mol. The molecule has 2 fully saturated rings. The van der Waals surface area contributed by atoms with E-state index >= 15 is 0 Å². The average molecular weight is 278 g/mol. The van der Waals surface area contributed by atoms with Gasteiger partial charge in [-0.3, -0.25) is 4.79 Å². The summed E-state index contributed by atoms with van der Waals surface area (Å²) in [4.78, 5) is 22.4. The third-order valence-electron chi connectivity index (χ3n) is 4.00. The molecule has 4 nitrogen and oxygen atoms in total. The normalized spacial score (nSPS) is 29.4. The second kappa shape index (κ2) is 6.73. The highest BCUT2D eigenvalue weighted by atomic mass is 16.6. The van der Waals surface area contributed by atoms with Crippen molar-refractivity contribution in [1.82, 2.24) is 0 Å². The Morgan fingerprint density at radius 1 is 1.55 bits per heavy atom. The molecule has 20 heavy (non-hydrogen) atoms. The van der Waals surface area contributed by atoms with Gasteiger partial charge in [-0.25, -0.2) is 4.79 Å². The predicted molar refractivity (Wildman–Crippen MR) is 74.8 cm³/mol. The molecule has 2 rings (SSSR count). The van der Waals surface area contributed by atoms with Crippen LogP contribution in [0.3, 0.4) is 0 Å². The van der Waals surface area contributed by atoms with Crippen molar-refractivity contribution in [2.45, 2.75) is 51.2 Å². The van der Waals surface area contributed by atoms with Crippen molar-refractivity contribution in [3.8, 4) is 0 Å². The van der Waals surface area contributed by atoms with E-state index in [0.29, 0.717) is 5.92 Å². The SMILES string of the molecule is C=CC(=O)O[C@@H](C)CCC/C=C/[C@@H]1C[C@H]2C[C@@H]1C(=O)O2. The van der Waals surface area contributed by atoms with Crippen LogP contribution in [0.25, 0.3) is 0 Å². The summed E-state index contributed by atoms with van der Waals surface area (Å²) in [5.41, 5.74) is 0. The minimum absolute atomic E-state index is 0.0270. The number of ether oxygens (including phenoxy) is 2. The minimum atomic E-state index is -0.367. The number of carbonyl (C=O) groups is 2. The zero-order valence-corrected chi connectivity index (χ0v) is 11.9. The molecule has 110 valence electrons. The van der Waals surface area contributed by atoms with Crippen molar-refractivity contribution in [3.63, 3.8) is 0 Å². The molecule has 0 amide bonds. The maximum absolute atomic E-state index is 11.4. The third-order valence-corrected chi connectivity index (χ3v) is 4.00. The predicted octanol–water partition coefficient (Wildman–Crippen LogP) is 2.78. The fourth-order valence-corrected chi connectivity index (χ4v) is 2.95. The van der Waals surface area contributed by atoms with Crippen LogP contribution >= 0.6 is 0 Å². The number of esters is 2. The molecule has 1 heterocycles. The third kappa shape index (κ3) is 3.71. The molecule has 1 saturated carbocycles. The molecule has 0 N–H and O–H groups in total. The first-order chi connectivity index (χ1) is 9.60. The van der Waals surface area contributed by atoms with Gasteiger partial charge in [0.05, 0.1) is 12.0 Å². The lowest BCUT2D eigenvalue weighted by Gasteiger charge is -2.17. The summed E-state index contributed by atoms with van der Waals surface area (Å²) >= 11 is 0. The lowest BCUT2D eigenvalue weighted by Crippen LogP contribution is -2.21. The van der Waals surface area contributed by atoms with Crippen LogP contribution < -0.4 is 0 Å². The summed E-state index contributed by atoms with van der Waals surface area (Å²) in [7, 11) is 0. The number of rotatable bonds is 7. The molecule has 0 radical (unpaired) electrons. The molecule has 0 aromatic rings. The van der Waals surface area contributed by atoms with Crippen molar-refractivity contribution in [3.05, 3.63) is 24.8 Å². The molecule has 0 aromatic heterocycles. The first-order valence-electron chi connectivity index (χ1n) is 7.30. The van der Waals surface area contributed by atoms with Crippen LogP contribution in [-0.2, 0) is 19.1 Å². The van der Waals surface area contributed by atoms with Gasteiger partial charge in [0.25, 0.3) is 0 Å². The van der Waals surface area contributed by atoms with Gasteiger partial charge in [-0.2, -0.15) is 0 Å². The quantitative estimate of drug-likeness (QED) is 0.311. The first-order valence-corrected chi connectivity index (χ1v) is 7.30. The van der Waals surface area contributed by atoms with Gasteiger partial charge in [-0.1, -0.05) is 18.7 Å². The number of hydrogen-bond donors (Lipinski definition) is 0. The molecular formula is C16H22O4. The molecule has 1 saturated heterocycles. The maximum Gasteiger partial charge on any atom is 0.330 e. The summed E-state index contributed by atoms with van der Waals surface area (Å²) in [6.45, 7) is 5.25. The Balaban J connectivity index is 1.61. The smallest absolute Gasteiger partial charge is 0.330 e. The van der Waals surface area contributed by atoms with E-state index in [1.165, 1.54) is 6.08 Å². The number of fused-ring (bicyclic) bond motifs is 2. The van der Waals surface area contributed by atoms with Crippen LogP contribution in [0.2, 0.25) is 0 Å². The van der Waals surface area contributed by atoms with E-state index in [1.54, 1.807) is 0 Å². The summed E-state index contributed by atoms with van der Waals surface area (Å²) < 4.78 is 10.3. The monoisotopic (exact) mass is 278 g/mol. The van der Waals surface area contributed by atoms with Gasteiger partial charge in [-0.05, 0) is 44.9 Å². The van der Waals surface area contributed by atoms with E-state index in [1.807, 2.05) is 6.92 Å². The van der Waals surface area contributed by atoms with E-state index in [9.17, 15) is 9.59 Å². The molecule has 2 aliphatic rings. The van der Waals surface area contributed by atoms with E-state index in [-0.39, 0.29) is 30.1 Å². The highest BCUT2D eigenvalue weighted by molar-refractivity contribution is 5.81. The fraction of sp³-hybridized carbons (Fsp3) is 0.625. The van der Waals surface area contributed by atoms with Crippen LogP contribution in [0.4, 0.5) is 0 Å². The van der Waals surface area contributed by atoms with Crippen LogP contribution in [0, 0.1) is 11.8 Å². The van der Waals surface area contributed by atoms with E-state index in [4.69, 9.17) is 9.47 Å². The molecule has 2 bridgehead atoms. The summed E-state index contributed by atoms with van der Waals surface area (Å²) in [5.74, 6) is 0.0513. The summed E-state index contributed by atoms with van der Waals surface area (Å²) in [6.07, 6.45) is 10.2. The van der Waals surface area contributed by atoms with Gasteiger partial charge in [0.15, 0.2) is 0 Å². The van der Waals surface area contributed by atoms with Crippen molar-refractivity contribution >= 4 is 11.9 Å². The van der Waals surface area contributed by atoms with Crippen LogP contribution in [0.15, 0.2) is 24.8 Å². The topological polar surface area (TPSA) is 52.6 Å². The lowest BCUT2D eigenvalue weighted by molar-refractivity contribution is -0.149. The molecule has 1 aliphatic carbocycles. The molecule has 0 spiro atoms. The van der Waals surface area contributed by atoms with Crippen molar-refractivity contribution < 1.29 is 19.1 Å². The lowest BCUT2D eigenvalue weighted by atomic mass is 9.95. The maximum atomic E-state index is 11.4. The van der Waals surface area contributed by atoms with Crippen molar-refractivity contribution in [2.24, 2.45) is 11.8 Å². The standard InChI is InChI=1S/C16H22O4/c1-3-15(17)19-11(2)7-5-4-6-8-12-9-13-10-14(12)16(18)20-13/h3,6,8,11-14H,1,4-5,7,9-10H2,2H3/b8-6+/t11-,12+,13-,14-/m0/s1. The van der Waals surface area contributed by atoms with Gasteiger partial charge in [-0.15, -0.1) is 0 Å². The number of allylic oxidation sites excluding steroid dienone is 2. The molecule has 0 unspecified atom stereocenters. The van der Waals surface area contributed by atoms with Crippen LogP contribution in [0.1, 0.15) is 39.0 Å². The van der Waals surface area contributed by atoms with Gasteiger partial charge in [0, 0.05) is 6.08 Å². The van der Waals surface area contributed by atoms with Crippen LogP contribution in [0.5, 0.6) is 0 Å². The van der Waals surface area contributed by atoms with E-state index in [0.717, 1.165) is 32.1 Å². The van der Waals surface area contributed by atoms with Crippen molar-refractivity contribution in [1.29, 1.82) is 0 Å². The van der Waals surface area contributed by atoms with Gasteiger partial charge in [0.2, 0.25) is 0 Å². The minimum Gasteiger partial charge on any atom is -0.462 e. The Hall–Kier alpha value is -1.58.